The number of aromatic nitrogens is 1. The van der Waals surface area contributed by atoms with Crippen LogP contribution in [0.25, 0.3) is 0 Å². The quantitative estimate of drug-likeness (QED) is 0.893. The molecule has 0 saturated carbocycles. The zero-order valence-electron chi connectivity index (χ0n) is 14.5. The first-order chi connectivity index (χ1) is 12.7. The number of aromatic hydroxyl groups is 1. The third kappa shape index (κ3) is 3.24. The Bertz CT molecular complexity index is 774. The molecule has 1 N–H and O–H groups in total. The maximum absolute atomic E-state index is 12.6. The lowest BCUT2D eigenvalue weighted by Crippen LogP contribution is -2.66. The number of phenolic OH excluding ortho intramolecular Hbond substituents is 1. The van der Waals surface area contributed by atoms with E-state index in [9.17, 15) is 9.90 Å². The normalized spacial score (nSPS) is 20.8. The summed E-state index contributed by atoms with van der Waals surface area (Å²) in [6, 6.07) is 12.1. The third-order valence-electron chi connectivity index (χ3n) is 5.25. The average molecular weight is 354 g/mol. The van der Waals surface area contributed by atoms with Gasteiger partial charge >= 0.3 is 0 Å². The van der Waals surface area contributed by atoms with Crippen LogP contribution in [-0.2, 0) is 4.74 Å². The largest absolute Gasteiger partial charge is 0.508 e. The van der Waals surface area contributed by atoms with Crippen LogP contribution in [0.5, 0.6) is 11.6 Å². The molecule has 2 fully saturated rings. The zero-order valence-corrected chi connectivity index (χ0v) is 14.5. The molecule has 3 heterocycles. The zero-order chi connectivity index (χ0) is 18.0. The van der Waals surface area contributed by atoms with E-state index in [1.165, 1.54) is 6.07 Å². The van der Waals surface area contributed by atoms with E-state index in [0.29, 0.717) is 37.1 Å². The van der Waals surface area contributed by atoms with Gasteiger partial charge in [-0.25, -0.2) is 4.98 Å². The number of likely N-dealkylation sites (tertiary alicyclic amines) is 1. The molecule has 1 spiro atoms. The van der Waals surface area contributed by atoms with Crippen molar-refractivity contribution in [3.05, 3.63) is 54.2 Å². The molecule has 26 heavy (non-hydrogen) atoms. The lowest BCUT2D eigenvalue weighted by molar-refractivity contribution is -0.119. The predicted molar refractivity (Wildman–Crippen MR) is 95.1 cm³/mol. The molecule has 2 saturated heterocycles. The Labute approximate surface area is 152 Å². The minimum Gasteiger partial charge on any atom is -0.508 e. The summed E-state index contributed by atoms with van der Waals surface area (Å²) in [6.07, 6.45) is 3.58. The predicted octanol–water partition coefficient (Wildman–Crippen LogP) is 2.49. The van der Waals surface area contributed by atoms with Crippen molar-refractivity contribution < 1.29 is 19.4 Å². The van der Waals surface area contributed by atoms with Gasteiger partial charge in [0.15, 0.2) is 0 Å². The number of phenols is 1. The second kappa shape index (κ2) is 6.96. The highest BCUT2D eigenvalue weighted by molar-refractivity contribution is 5.95. The molecule has 2 aliphatic heterocycles. The highest BCUT2D eigenvalue weighted by Gasteiger charge is 2.54. The van der Waals surface area contributed by atoms with Crippen molar-refractivity contribution in [2.75, 3.05) is 26.3 Å². The van der Waals surface area contributed by atoms with Crippen molar-refractivity contribution in [3.8, 4) is 11.6 Å². The Morgan fingerprint density at radius 1 is 1.31 bits per heavy atom. The number of hydrogen-bond acceptors (Lipinski definition) is 5. The van der Waals surface area contributed by atoms with Crippen LogP contribution < -0.4 is 4.74 Å². The molecule has 0 aliphatic carbocycles. The van der Waals surface area contributed by atoms with Gasteiger partial charge in [0.2, 0.25) is 5.88 Å². The van der Waals surface area contributed by atoms with Crippen LogP contribution in [0, 0.1) is 5.92 Å². The van der Waals surface area contributed by atoms with Crippen molar-refractivity contribution in [1.82, 2.24) is 9.88 Å². The number of pyridine rings is 1. The van der Waals surface area contributed by atoms with Crippen LogP contribution in [0.2, 0.25) is 0 Å². The number of hydrogen-bond donors (Lipinski definition) is 1. The van der Waals surface area contributed by atoms with Crippen LogP contribution in [0.15, 0.2) is 48.7 Å². The number of carbonyl (C=O) groups is 1. The van der Waals surface area contributed by atoms with Gasteiger partial charge in [0.25, 0.3) is 5.91 Å². The van der Waals surface area contributed by atoms with Crippen LogP contribution in [-0.4, -0.2) is 52.8 Å². The molecule has 0 bridgehead atoms. The Balaban J connectivity index is 1.32. The molecule has 6 heteroatoms. The summed E-state index contributed by atoms with van der Waals surface area (Å²) in [5.41, 5.74) is 0.257. The fourth-order valence-corrected chi connectivity index (χ4v) is 3.85. The number of carbonyl (C=O) groups excluding carboxylic acids is 1. The van der Waals surface area contributed by atoms with Crippen molar-refractivity contribution in [3.63, 3.8) is 0 Å². The SMILES string of the molecule is O=C(c1cccc(O)c1)N1CC2(C1)OCCC2CCOc1ccccn1. The van der Waals surface area contributed by atoms with E-state index < -0.39 is 0 Å². The first kappa shape index (κ1) is 16.8. The fourth-order valence-electron chi connectivity index (χ4n) is 3.85. The highest BCUT2D eigenvalue weighted by Crippen LogP contribution is 2.42. The first-order valence-electron chi connectivity index (χ1n) is 8.92. The molecule has 1 aromatic heterocycles. The summed E-state index contributed by atoms with van der Waals surface area (Å²) in [5.74, 6) is 1.05. The van der Waals surface area contributed by atoms with Gasteiger partial charge in [-0.05, 0) is 43.0 Å². The lowest BCUT2D eigenvalue weighted by Gasteiger charge is -2.50. The van der Waals surface area contributed by atoms with Gasteiger partial charge in [-0.2, -0.15) is 0 Å². The molecule has 1 amide bonds. The van der Waals surface area contributed by atoms with E-state index >= 15 is 0 Å². The first-order valence-corrected chi connectivity index (χ1v) is 8.92. The van der Waals surface area contributed by atoms with Crippen LogP contribution >= 0.6 is 0 Å². The van der Waals surface area contributed by atoms with Gasteiger partial charge in [-0.15, -0.1) is 0 Å². The average Bonchev–Trinajstić information content (AvgIpc) is 3.05. The van der Waals surface area contributed by atoms with Crippen LogP contribution in [0.4, 0.5) is 0 Å². The van der Waals surface area contributed by atoms with E-state index in [4.69, 9.17) is 9.47 Å². The third-order valence-corrected chi connectivity index (χ3v) is 5.25. The standard InChI is InChI=1S/C20H22N2O4/c23-17-5-3-4-15(12-17)19(24)22-13-20(14-22)16(8-11-26-20)7-10-25-18-6-1-2-9-21-18/h1-6,9,12,16,23H,7-8,10-11,13-14H2. The van der Waals surface area contributed by atoms with E-state index in [2.05, 4.69) is 4.98 Å². The Morgan fingerprint density at radius 2 is 2.19 bits per heavy atom. The maximum atomic E-state index is 12.6. The summed E-state index contributed by atoms with van der Waals surface area (Å²) in [4.78, 5) is 18.5. The van der Waals surface area contributed by atoms with E-state index in [0.717, 1.165) is 19.4 Å². The molecule has 6 nitrogen and oxygen atoms in total. The molecule has 1 aromatic carbocycles. The Morgan fingerprint density at radius 3 is 2.96 bits per heavy atom. The summed E-state index contributed by atoms with van der Waals surface area (Å²) < 4.78 is 11.7. The summed E-state index contributed by atoms with van der Waals surface area (Å²) in [6.45, 7) is 2.50. The van der Waals surface area contributed by atoms with Gasteiger partial charge in [-0.1, -0.05) is 12.1 Å². The van der Waals surface area contributed by atoms with E-state index in [-0.39, 0.29) is 17.3 Å². The number of rotatable bonds is 5. The van der Waals surface area contributed by atoms with Crippen molar-refractivity contribution >= 4 is 5.91 Å². The molecule has 2 aliphatic rings. The fraction of sp³-hybridized carbons (Fsp3) is 0.400. The molecule has 4 rings (SSSR count). The van der Waals surface area contributed by atoms with Gasteiger partial charge < -0.3 is 19.5 Å². The molecule has 2 aromatic rings. The maximum Gasteiger partial charge on any atom is 0.254 e. The van der Waals surface area contributed by atoms with Gasteiger partial charge in [0.1, 0.15) is 11.4 Å². The number of amides is 1. The molecule has 1 atom stereocenters. The summed E-state index contributed by atoms with van der Waals surface area (Å²) in [7, 11) is 0. The van der Waals surface area contributed by atoms with Crippen LogP contribution in [0.1, 0.15) is 23.2 Å². The minimum absolute atomic E-state index is 0.0643. The molecular formula is C20H22N2O4. The second-order valence-corrected chi connectivity index (χ2v) is 6.92. The Kier molecular flexibility index (Phi) is 4.51. The lowest BCUT2D eigenvalue weighted by atomic mass is 9.79. The van der Waals surface area contributed by atoms with Gasteiger partial charge in [0, 0.05) is 24.4 Å². The number of ether oxygens (including phenoxy) is 2. The monoisotopic (exact) mass is 354 g/mol. The van der Waals surface area contributed by atoms with Gasteiger partial charge in [-0.3, -0.25) is 4.79 Å². The smallest absolute Gasteiger partial charge is 0.254 e. The molecule has 0 radical (unpaired) electrons. The van der Waals surface area contributed by atoms with Crippen molar-refractivity contribution in [2.24, 2.45) is 5.92 Å². The minimum atomic E-state index is -0.250. The molecular weight excluding hydrogens is 332 g/mol. The van der Waals surface area contributed by atoms with E-state index in [1.54, 1.807) is 29.3 Å². The molecule has 136 valence electrons. The number of nitrogens with zero attached hydrogens (tertiary/aromatic N) is 2. The molecule has 1 unspecified atom stereocenters. The summed E-state index contributed by atoms with van der Waals surface area (Å²) in [5, 5.41) is 9.56. The van der Waals surface area contributed by atoms with Crippen molar-refractivity contribution in [2.45, 2.75) is 18.4 Å². The highest BCUT2D eigenvalue weighted by atomic mass is 16.5. The number of benzene rings is 1. The summed E-state index contributed by atoms with van der Waals surface area (Å²) >= 11 is 0. The van der Waals surface area contributed by atoms with Gasteiger partial charge in [0.05, 0.1) is 19.7 Å². The van der Waals surface area contributed by atoms with Crippen molar-refractivity contribution in [1.29, 1.82) is 0 Å². The van der Waals surface area contributed by atoms with Crippen LogP contribution in [0.3, 0.4) is 0 Å². The van der Waals surface area contributed by atoms with E-state index in [1.807, 2.05) is 18.2 Å². The topological polar surface area (TPSA) is 71.9 Å². The Hall–Kier alpha value is -2.60. The second-order valence-electron chi connectivity index (χ2n) is 6.92.